The summed E-state index contributed by atoms with van der Waals surface area (Å²) < 4.78 is 0. The van der Waals surface area contributed by atoms with E-state index in [-0.39, 0.29) is 35.6 Å². The Balaban J connectivity index is 3.04. The fourth-order valence-corrected chi connectivity index (χ4v) is 1.65. The van der Waals surface area contributed by atoms with Gasteiger partial charge in [0.2, 0.25) is 17.7 Å². The van der Waals surface area contributed by atoms with E-state index >= 15 is 0 Å². The normalized spacial score (nSPS) is 11.0. The number of nitrogens with one attached hydrogen (secondary N) is 2. The summed E-state index contributed by atoms with van der Waals surface area (Å²) in [5.41, 5.74) is 4.66. The van der Waals surface area contributed by atoms with Crippen LogP contribution in [0.3, 0.4) is 0 Å². The van der Waals surface area contributed by atoms with E-state index in [1.54, 1.807) is 13.8 Å². The molecular formula is C11H18N6O3. The van der Waals surface area contributed by atoms with Crippen LogP contribution in [0.4, 0.5) is 17.5 Å². The summed E-state index contributed by atoms with van der Waals surface area (Å²) in [7, 11) is 1.53. The maximum absolute atomic E-state index is 11.7. The summed E-state index contributed by atoms with van der Waals surface area (Å²) in [4.78, 5) is 29.7. The van der Waals surface area contributed by atoms with Gasteiger partial charge in [0.05, 0.1) is 10.3 Å². The Morgan fingerprint density at radius 1 is 1.45 bits per heavy atom. The first-order valence-corrected chi connectivity index (χ1v) is 5.93. The SMILES string of the molecule is CNC(=O)C(C)(C)CNc1nc(N)nc(C)c1[N+](=O)[O-]. The molecule has 0 atom stereocenters. The highest BCUT2D eigenvalue weighted by atomic mass is 16.6. The van der Waals surface area contributed by atoms with Gasteiger partial charge >= 0.3 is 5.69 Å². The highest BCUT2D eigenvalue weighted by molar-refractivity contribution is 5.82. The minimum Gasteiger partial charge on any atom is -0.368 e. The molecule has 0 bridgehead atoms. The van der Waals surface area contributed by atoms with Gasteiger partial charge in [-0.25, -0.2) is 4.98 Å². The van der Waals surface area contributed by atoms with Crippen LogP contribution in [0.15, 0.2) is 0 Å². The molecule has 20 heavy (non-hydrogen) atoms. The lowest BCUT2D eigenvalue weighted by Crippen LogP contribution is -2.39. The molecule has 1 aromatic rings. The second-order valence-corrected chi connectivity index (χ2v) is 4.94. The van der Waals surface area contributed by atoms with E-state index < -0.39 is 10.3 Å². The predicted octanol–water partition coefficient (Wildman–Crippen LogP) is 0.460. The number of nitrogens with two attached hydrogens (primary N) is 1. The maximum Gasteiger partial charge on any atom is 0.332 e. The fraction of sp³-hybridized carbons (Fsp3) is 0.545. The first kappa shape index (κ1) is 15.6. The number of nitrogen functional groups attached to an aromatic ring is 1. The molecule has 0 aliphatic rings. The Labute approximate surface area is 116 Å². The van der Waals surface area contributed by atoms with Crippen LogP contribution in [0, 0.1) is 22.5 Å². The van der Waals surface area contributed by atoms with Crippen molar-refractivity contribution in [3.8, 4) is 0 Å². The zero-order chi connectivity index (χ0) is 15.5. The number of rotatable bonds is 5. The number of carbonyl (C=O) groups excluding carboxylic acids is 1. The van der Waals surface area contributed by atoms with Gasteiger partial charge in [-0.15, -0.1) is 0 Å². The van der Waals surface area contributed by atoms with E-state index in [4.69, 9.17) is 5.73 Å². The Hall–Kier alpha value is -2.45. The number of aryl methyl sites for hydroxylation is 1. The number of hydrogen-bond donors (Lipinski definition) is 3. The molecule has 0 fully saturated rings. The number of amides is 1. The molecule has 9 heteroatoms. The number of hydrogen-bond acceptors (Lipinski definition) is 7. The average molecular weight is 282 g/mol. The number of carbonyl (C=O) groups is 1. The minimum atomic E-state index is -0.754. The lowest BCUT2D eigenvalue weighted by atomic mass is 9.92. The standard InChI is InChI=1S/C11H18N6O3/c1-6-7(17(19)20)8(16-10(12)15-6)14-5-11(2,3)9(18)13-4/h5H2,1-4H3,(H,13,18)(H3,12,14,15,16). The first-order chi connectivity index (χ1) is 9.19. The van der Waals surface area contributed by atoms with Gasteiger partial charge in [0.15, 0.2) is 0 Å². The van der Waals surface area contributed by atoms with Gasteiger partial charge in [0.25, 0.3) is 0 Å². The summed E-state index contributed by atoms with van der Waals surface area (Å²) in [6.07, 6.45) is 0. The lowest BCUT2D eigenvalue weighted by molar-refractivity contribution is -0.385. The molecule has 0 saturated carbocycles. The molecule has 0 saturated heterocycles. The fourth-order valence-electron chi connectivity index (χ4n) is 1.65. The summed E-state index contributed by atoms with van der Waals surface area (Å²) in [6.45, 7) is 5.07. The highest BCUT2D eigenvalue weighted by Crippen LogP contribution is 2.27. The smallest absolute Gasteiger partial charge is 0.332 e. The van der Waals surface area contributed by atoms with Gasteiger partial charge in [-0.3, -0.25) is 14.9 Å². The number of nitrogens with zero attached hydrogens (tertiary/aromatic N) is 3. The Morgan fingerprint density at radius 3 is 2.55 bits per heavy atom. The molecular weight excluding hydrogens is 264 g/mol. The van der Waals surface area contributed by atoms with Crippen molar-refractivity contribution in [3.63, 3.8) is 0 Å². The molecule has 1 aromatic heterocycles. The van der Waals surface area contributed by atoms with E-state index in [2.05, 4.69) is 20.6 Å². The molecule has 0 aliphatic heterocycles. The van der Waals surface area contributed by atoms with E-state index in [0.29, 0.717) is 0 Å². The van der Waals surface area contributed by atoms with E-state index in [9.17, 15) is 14.9 Å². The summed E-state index contributed by atoms with van der Waals surface area (Å²) in [5.74, 6) is -0.239. The third kappa shape index (κ3) is 3.31. The van der Waals surface area contributed by atoms with E-state index in [0.717, 1.165) is 0 Å². The molecule has 0 unspecified atom stereocenters. The van der Waals surface area contributed by atoms with Crippen LogP contribution in [-0.2, 0) is 4.79 Å². The quantitative estimate of drug-likeness (QED) is 0.527. The summed E-state index contributed by atoms with van der Waals surface area (Å²) >= 11 is 0. The second kappa shape index (κ2) is 5.68. The van der Waals surface area contributed by atoms with Gasteiger partial charge in [-0.05, 0) is 20.8 Å². The molecule has 1 heterocycles. The molecule has 0 radical (unpaired) electrons. The van der Waals surface area contributed by atoms with Crippen molar-refractivity contribution in [3.05, 3.63) is 15.8 Å². The topological polar surface area (TPSA) is 136 Å². The summed E-state index contributed by atoms with van der Waals surface area (Å²) in [6, 6.07) is 0. The van der Waals surface area contributed by atoms with Crippen molar-refractivity contribution in [2.75, 3.05) is 24.6 Å². The third-order valence-corrected chi connectivity index (χ3v) is 2.80. The van der Waals surface area contributed by atoms with Crippen LogP contribution < -0.4 is 16.4 Å². The second-order valence-electron chi connectivity index (χ2n) is 4.94. The Kier molecular flexibility index (Phi) is 4.43. The van der Waals surface area contributed by atoms with Gasteiger partial charge in [-0.2, -0.15) is 4.98 Å². The van der Waals surface area contributed by atoms with Crippen molar-refractivity contribution >= 4 is 23.4 Å². The maximum atomic E-state index is 11.7. The zero-order valence-electron chi connectivity index (χ0n) is 11.9. The van der Waals surface area contributed by atoms with E-state index in [1.165, 1.54) is 14.0 Å². The van der Waals surface area contributed by atoms with Crippen molar-refractivity contribution in [2.45, 2.75) is 20.8 Å². The van der Waals surface area contributed by atoms with Crippen LogP contribution in [-0.4, -0.2) is 34.4 Å². The van der Waals surface area contributed by atoms with Gasteiger partial charge < -0.3 is 16.4 Å². The largest absolute Gasteiger partial charge is 0.368 e. The van der Waals surface area contributed by atoms with E-state index in [1.807, 2.05) is 0 Å². The van der Waals surface area contributed by atoms with Crippen LogP contribution in [0.2, 0.25) is 0 Å². The Bertz CT molecular complexity index is 543. The van der Waals surface area contributed by atoms with Gasteiger partial charge in [0, 0.05) is 13.6 Å². The first-order valence-electron chi connectivity index (χ1n) is 5.93. The third-order valence-electron chi connectivity index (χ3n) is 2.80. The molecule has 4 N–H and O–H groups in total. The number of aromatic nitrogens is 2. The zero-order valence-corrected chi connectivity index (χ0v) is 11.9. The van der Waals surface area contributed by atoms with Gasteiger partial charge in [-0.1, -0.05) is 0 Å². The molecule has 1 rings (SSSR count). The molecule has 0 aromatic carbocycles. The Morgan fingerprint density at radius 2 is 2.05 bits per heavy atom. The van der Waals surface area contributed by atoms with Crippen molar-refractivity contribution < 1.29 is 9.72 Å². The van der Waals surface area contributed by atoms with Gasteiger partial charge in [0.1, 0.15) is 5.69 Å². The number of anilines is 2. The van der Waals surface area contributed by atoms with Crippen LogP contribution in [0.5, 0.6) is 0 Å². The molecule has 0 aliphatic carbocycles. The predicted molar refractivity (Wildman–Crippen MR) is 74.2 cm³/mol. The van der Waals surface area contributed by atoms with Crippen LogP contribution in [0.25, 0.3) is 0 Å². The molecule has 110 valence electrons. The van der Waals surface area contributed by atoms with Crippen LogP contribution in [0.1, 0.15) is 19.5 Å². The summed E-state index contributed by atoms with van der Waals surface area (Å²) in [5, 5.41) is 16.4. The monoisotopic (exact) mass is 282 g/mol. The average Bonchev–Trinajstić information content (AvgIpc) is 2.33. The molecule has 0 spiro atoms. The number of nitro groups is 1. The van der Waals surface area contributed by atoms with Crippen molar-refractivity contribution in [1.29, 1.82) is 0 Å². The molecule has 1 amide bonds. The highest BCUT2D eigenvalue weighted by Gasteiger charge is 2.29. The van der Waals surface area contributed by atoms with Crippen LogP contribution >= 0.6 is 0 Å². The molecule has 9 nitrogen and oxygen atoms in total. The minimum absolute atomic E-state index is 0.0111. The van der Waals surface area contributed by atoms with Crippen molar-refractivity contribution in [2.24, 2.45) is 5.41 Å². The van der Waals surface area contributed by atoms with Crippen molar-refractivity contribution in [1.82, 2.24) is 15.3 Å². The lowest BCUT2D eigenvalue weighted by Gasteiger charge is -2.23.